The molecule has 1 saturated heterocycles. The molecule has 60 heavy (non-hydrogen) atoms. The van der Waals surface area contributed by atoms with Gasteiger partial charge in [-0.15, -0.1) is 0 Å². The van der Waals surface area contributed by atoms with Crippen LogP contribution in [0.4, 0.5) is 0 Å². The first-order chi connectivity index (χ1) is 28.9. The fourth-order valence-electron chi connectivity index (χ4n) is 7.29. The Morgan fingerprint density at radius 1 is 0.683 bits per heavy atom. The van der Waals surface area contributed by atoms with Crippen LogP contribution in [0.25, 0.3) is 0 Å². The van der Waals surface area contributed by atoms with Gasteiger partial charge in [0.15, 0.2) is 12.4 Å². The van der Waals surface area contributed by atoms with Gasteiger partial charge in [-0.05, 0) is 57.8 Å². The van der Waals surface area contributed by atoms with Crippen molar-refractivity contribution in [2.24, 2.45) is 5.92 Å². The van der Waals surface area contributed by atoms with Gasteiger partial charge in [-0.25, -0.2) is 4.57 Å². The number of unbranched alkanes of at least 4 members (excludes halogenated alkanes) is 20. The Morgan fingerprint density at radius 2 is 1.20 bits per heavy atom. The minimum absolute atomic E-state index is 0.0184. The molecule has 0 aromatic heterocycles. The summed E-state index contributed by atoms with van der Waals surface area (Å²) < 4.78 is 32.1. The summed E-state index contributed by atoms with van der Waals surface area (Å²) in [5.74, 6) is -1.40. The number of hydrogen-bond donors (Lipinski definition) is 5. The molecule has 1 fully saturated rings. The highest BCUT2D eigenvalue weighted by Gasteiger charge is 2.35. The van der Waals surface area contributed by atoms with Gasteiger partial charge in [0.25, 0.3) is 0 Å². The Hall–Kier alpha value is -1.89. The lowest BCUT2D eigenvalue weighted by Crippen LogP contribution is -2.43. The lowest BCUT2D eigenvalue weighted by Gasteiger charge is -2.36. The van der Waals surface area contributed by atoms with E-state index in [-0.39, 0.29) is 31.8 Å². The van der Waals surface area contributed by atoms with Crippen LogP contribution in [0.5, 0.6) is 0 Å². The number of phosphoric acid groups is 1. The summed E-state index contributed by atoms with van der Waals surface area (Å²) in [5.41, 5.74) is 0. The maximum absolute atomic E-state index is 12.6. The zero-order chi connectivity index (χ0) is 44.1. The maximum atomic E-state index is 12.6. The molecule has 1 unspecified atom stereocenters. The van der Waals surface area contributed by atoms with E-state index in [2.05, 4.69) is 30.5 Å². The van der Waals surface area contributed by atoms with E-state index in [4.69, 9.17) is 24.0 Å². The monoisotopic (exact) mass is 873 g/mol. The van der Waals surface area contributed by atoms with E-state index in [1.165, 1.54) is 96.3 Å². The van der Waals surface area contributed by atoms with Crippen LogP contribution in [0, 0.1) is 5.92 Å². The summed E-state index contributed by atoms with van der Waals surface area (Å²) in [6.45, 7) is 3.37. The summed E-state index contributed by atoms with van der Waals surface area (Å²) in [7, 11) is -4.84. The first kappa shape index (κ1) is 56.1. The van der Waals surface area contributed by atoms with Crippen LogP contribution in [-0.4, -0.2) is 81.0 Å². The molecule has 0 saturated carbocycles. The molecule has 1 aliphatic heterocycles. The molecule has 13 heteroatoms. The van der Waals surface area contributed by atoms with E-state index < -0.39 is 57.1 Å². The number of allylic oxidation sites excluding steroid dienone is 4. The minimum Gasteiger partial charge on any atom is -0.462 e. The van der Waals surface area contributed by atoms with Gasteiger partial charge in [-0.1, -0.05) is 159 Å². The first-order valence-electron chi connectivity index (χ1n) is 23.7. The van der Waals surface area contributed by atoms with Gasteiger partial charge in [0.1, 0.15) is 6.61 Å². The molecular formula is C47H85O12P. The molecule has 0 bridgehead atoms. The number of ether oxygens (including phenoxy) is 3. The van der Waals surface area contributed by atoms with E-state index in [1.807, 2.05) is 12.2 Å². The van der Waals surface area contributed by atoms with Crippen LogP contribution < -0.4 is 0 Å². The Balaban J connectivity index is 2.23. The largest absolute Gasteiger partial charge is 0.469 e. The molecule has 1 aliphatic rings. The molecule has 0 aromatic carbocycles. The Kier molecular flexibility index (Phi) is 35.2. The second-order valence-electron chi connectivity index (χ2n) is 16.6. The molecule has 1 rings (SSSR count). The molecule has 12 nitrogen and oxygen atoms in total. The SMILES string of the molecule is CCCCCCCC/C=C\CCCCCCCCCCCCCC(=O)OC[C@H](COP(=O)(O)O)OC(=O)CCC/C=C\C[C@H]1[C@@H](O)CC(O)O[C@@H]1/C=C/[C@@H](O)CCCCC. The third-order valence-corrected chi connectivity index (χ3v) is 11.4. The number of phosphoric ester groups is 1. The van der Waals surface area contributed by atoms with E-state index in [1.54, 1.807) is 12.2 Å². The Bertz CT molecular complexity index is 1190. The van der Waals surface area contributed by atoms with Gasteiger partial charge in [-0.3, -0.25) is 14.1 Å². The molecule has 350 valence electrons. The number of hydrogen-bond acceptors (Lipinski definition) is 10. The molecule has 0 radical (unpaired) electrons. The van der Waals surface area contributed by atoms with E-state index in [0.29, 0.717) is 32.1 Å². The average Bonchev–Trinajstić information content (AvgIpc) is 3.20. The van der Waals surface area contributed by atoms with Crippen molar-refractivity contribution in [1.82, 2.24) is 0 Å². The predicted molar refractivity (Wildman–Crippen MR) is 238 cm³/mol. The van der Waals surface area contributed by atoms with Gasteiger partial charge >= 0.3 is 19.8 Å². The molecule has 0 spiro atoms. The summed E-state index contributed by atoms with van der Waals surface area (Å²) in [5, 5.41) is 30.9. The standard InChI is InChI=1S/C47H85O12P/c1-3-5-7-8-9-10-11-12-13-14-15-16-17-18-19-20-21-22-23-24-29-33-45(50)56-38-41(39-57-60(53,54)55)58-46(51)34-30-26-25-28-32-42-43(49)37-47(52)59-44(42)36-35-40(48)31-27-6-4-2/h12-13,25,28,35-36,40-44,47-49,52H,3-11,14-24,26-27,29-34,37-39H2,1-2H3,(H2,53,54,55)/b13-12-,28-25-,36-35+/t40-,41+,42-,43-,44+,47?/m0/s1. The third kappa shape index (κ3) is 33.7. The topological polar surface area (TPSA) is 189 Å². The lowest BCUT2D eigenvalue weighted by atomic mass is 9.87. The molecule has 0 amide bonds. The van der Waals surface area contributed by atoms with E-state index in [9.17, 15) is 29.5 Å². The highest BCUT2D eigenvalue weighted by molar-refractivity contribution is 7.46. The maximum Gasteiger partial charge on any atom is 0.469 e. The lowest BCUT2D eigenvalue weighted by molar-refractivity contribution is -0.199. The normalized spacial score (nSPS) is 19.7. The van der Waals surface area contributed by atoms with Crippen LogP contribution >= 0.6 is 7.82 Å². The molecular weight excluding hydrogens is 787 g/mol. The second kappa shape index (κ2) is 37.6. The second-order valence-corrected chi connectivity index (χ2v) is 17.8. The van der Waals surface area contributed by atoms with Crippen LogP contribution in [0.1, 0.15) is 200 Å². The molecule has 0 aliphatic carbocycles. The number of carbonyl (C=O) groups excluding carboxylic acids is 2. The van der Waals surface area contributed by atoms with Crippen molar-refractivity contribution in [3.63, 3.8) is 0 Å². The van der Waals surface area contributed by atoms with Gasteiger partial charge < -0.3 is 39.3 Å². The Morgan fingerprint density at radius 3 is 1.80 bits per heavy atom. The fraction of sp³-hybridized carbons (Fsp3) is 0.830. The third-order valence-electron chi connectivity index (χ3n) is 10.9. The van der Waals surface area contributed by atoms with Crippen molar-refractivity contribution >= 4 is 19.8 Å². The summed E-state index contributed by atoms with van der Waals surface area (Å²) in [6.07, 6.45) is 36.3. The summed E-state index contributed by atoms with van der Waals surface area (Å²) in [6, 6.07) is 0. The number of aliphatic hydroxyl groups is 3. The first-order valence-corrected chi connectivity index (χ1v) is 25.2. The van der Waals surface area contributed by atoms with Crippen LogP contribution in [0.15, 0.2) is 36.5 Å². The number of rotatable bonds is 39. The van der Waals surface area contributed by atoms with Crippen molar-refractivity contribution in [2.45, 2.75) is 231 Å². The van der Waals surface area contributed by atoms with Gasteiger partial charge in [-0.2, -0.15) is 0 Å². The quantitative estimate of drug-likeness (QED) is 0.0170. The molecule has 1 heterocycles. The van der Waals surface area contributed by atoms with E-state index >= 15 is 0 Å². The molecule has 6 atom stereocenters. The van der Waals surface area contributed by atoms with Gasteiger partial charge in [0, 0.05) is 25.2 Å². The van der Waals surface area contributed by atoms with Crippen LogP contribution in [0.3, 0.4) is 0 Å². The van der Waals surface area contributed by atoms with Crippen LogP contribution in [0.2, 0.25) is 0 Å². The highest BCUT2D eigenvalue weighted by Crippen LogP contribution is 2.36. The number of aliphatic hydroxyl groups excluding tert-OH is 3. The number of esters is 2. The predicted octanol–water partition coefficient (Wildman–Crippen LogP) is 10.6. The molecule has 0 aromatic rings. The minimum atomic E-state index is -4.84. The average molecular weight is 873 g/mol. The highest BCUT2D eigenvalue weighted by atomic mass is 31.2. The van der Waals surface area contributed by atoms with Crippen molar-refractivity contribution < 1.29 is 58.0 Å². The smallest absolute Gasteiger partial charge is 0.462 e. The zero-order valence-corrected chi connectivity index (χ0v) is 38.3. The Labute approximate surface area is 363 Å². The van der Waals surface area contributed by atoms with Crippen molar-refractivity contribution in [2.75, 3.05) is 13.2 Å². The van der Waals surface area contributed by atoms with Crippen LogP contribution in [-0.2, 0) is 32.9 Å². The van der Waals surface area contributed by atoms with Gasteiger partial charge in [0.05, 0.1) is 24.9 Å². The van der Waals surface area contributed by atoms with Gasteiger partial charge in [0.2, 0.25) is 0 Å². The summed E-state index contributed by atoms with van der Waals surface area (Å²) >= 11 is 0. The van der Waals surface area contributed by atoms with Crippen molar-refractivity contribution in [3.8, 4) is 0 Å². The molecule has 5 N–H and O–H groups in total. The van der Waals surface area contributed by atoms with Crippen molar-refractivity contribution in [3.05, 3.63) is 36.5 Å². The summed E-state index contributed by atoms with van der Waals surface area (Å²) in [4.78, 5) is 43.2. The fourth-order valence-corrected chi connectivity index (χ4v) is 7.65. The van der Waals surface area contributed by atoms with E-state index in [0.717, 1.165) is 38.5 Å². The zero-order valence-electron chi connectivity index (χ0n) is 37.4. The number of carbonyl (C=O) groups is 2. The van der Waals surface area contributed by atoms with Crippen molar-refractivity contribution in [1.29, 1.82) is 0 Å².